The van der Waals surface area contributed by atoms with Crippen LogP contribution in [0.15, 0.2) is 152 Å². The average Bonchev–Trinajstić information content (AvgIpc) is 3.54. The molecule has 0 unspecified atom stereocenters. The predicted octanol–water partition coefficient (Wildman–Crippen LogP) is 11.9. The summed E-state index contributed by atoms with van der Waals surface area (Å²) in [5, 5.41) is 8.17. The largest absolute Gasteiger partial charge is 0.246 e. The molecular formula is C43H25N3S. The number of aromatic nitrogens is 3. The van der Waals surface area contributed by atoms with Crippen molar-refractivity contribution in [3.63, 3.8) is 0 Å². The van der Waals surface area contributed by atoms with Crippen LogP contribution in [0.5, 0.6) is 0 Å². The van der Waals surface area contributed by atoms with Crippen molar-refractivity contribution >= 4 is 75.0 Å². The molecule has 47 heavy (non-hydrogen) atoms. The van der Waals surface area contributed by atoms with E-state index in [1.807, 2.05) is 29.5 Å². The Morgan fingerprint density at radius 2 is 1.00 bits per heavy atom. The SMILES string of the molecule is c1ccc(-c2ccc3ccc4ccc(-c5cccc(-c6nc7c8ccccc8ccc7c7sc8ccccc8c67)c5)nc4c3n2)cc1. The van der Waals surface area contributed by atoms with E-state index in [0.29, 0.717) is 0 Å². The van der Waals surface area contributed by atoms with Gasteiger partial charge in [0, 0.05) is 58.4 Å². The van der Waals surface area contributed by atoms with Gasteiger partial charge in [0.2, 0.25) is 0 Å². The van der Waals surface area contributed by atoms with Crippen LogP contribution in [0, 0.1) is 0 Å². The van der Waals surface area contributed by atoms with Gasteiger partial charge in [-0.05, 0) is 29.7 Å². The lowest BCUT2D eigenvalue weighted by Gasteiger charge is -2.12. The predicted molar refractivity (Wildman–Crippen MR) is 199 cm³/mol. The first kappa shape index (κ1) is 26.3. The molecule has 3 nitrogen and oxygen atoms in total. The molecule has 218 valence electrons. The third-order valence-electron chi connectivity index (χ3n) is 9.22. The van der Waals surface area contributed by atoms with Gasteiger partial charge in [0.1, 0.15) is 0 Å². The van der Waals surface area contributed by atoms with Crippen molar-refractivity contribution in [1.82, 2.24) is 15.0 Å². The summed E-state index contributed by atoms with van der Waals surface area (Å²) < 4.78 is 2.55. The maximum absolute atomic E-state index is 5.46. The lowest BCUT2D eigenvalue weighted by atomic mass is 9.98. The van der Waals surface area contributed by atoms with E-state index in [1.54, 1.807) is 0 Å². The zero-order valence-corrected chi connectivity index (χ0v) is 26.0. The molecule has 6 aromatic carbocycles. The number of thiophene rings is 1. The van der Waals surface area contributed by atoms with Gasteiger partial charge in [-0.25, -0.2) is 15.0 Å². The highest BCUT2D eigenvalue weighted by molar-refractivity contribution is 7.26. The Balaban J connectivity index is 1.19. The van der Waals surface area contributed by atoms with Gasteiger partial charge in [-0.2, -0.15) is 0 Å². The van der Waals surface area contributed by atoms with E-state index >= 15 is 0 Å². The molecule has 4 aromatic heterocycles. The van der Waals surface area contributed by atoms with Crippen LogP contribution in [0.1, 0.15) is 0 Å². The molecule has 10 aromatic rings. The van der Waals surface area contributed by atoms with E-state index in [-0.39, 0.29) is 0 Å². The van der Waals surface area contributed by atoms with Crippen LogP contribution in [-0.4, -0.2) is 15.0 Å². The summed E-state index contributed by atoms with van der Waals surface area (Å²) in [6.45, 7) is 0. The fourth-order valence-electron chi connectivity index (χ4n) is 6.93. The molecule has 4 heterocycles. The molecule has 0 aliphatic heterocycles. The first-order chi connectivity index (χ1) is 23.3. The van der Waals surface area contributed by atoms with E-state index in [2.05, 4.69) is 133 Å². The average molecular weight is 616 g/mol. The molecule has 0 saturated carbocycles. The molecule has 0 bridgehead atoms. The van der Waals surface area contributed by atoms with Crippen LogP contribution in [0.25, 0.3) is 97.4 Å². The molecule has 0 aliphatic carbocycles. The molecule has 4 heteroatoms. The van der Waals surface area contributed by atoms with E-state index in [4.69, 9.17) is 15.0 Å². The van der Waals surface area contributed by atoms with Crippen molar-refractivity contribution in [2.75, 3.05) is 0 Å². The van der Waals surface area contributed by atoms with Crippen molar-refractivity contribution in [2.45, 2.75) is 0 Å². The van der Waals surface area contributed by atoms with Crippen LogP contribution in [-0.2, 0) is 0 Å². The van der Waals surface area contributed by atoms with Crippen LogP contribution < -0.4 is 0 Å². The van der Waals surface area contributed by atoms with Crippen molar-refractivity contribution in [1.29, 1.82) is 0 Å². The topological polar surface area (TPSA) is 38.7 Å². The zero-order chi connectivity index (χ0) is 30.9. The molecule has 0 amide bonds. The fourth-order valence-corrected chi connectivity index (χ4v) is 8.16. The van der Waals surface area contributed by atoms with Gasteiger partial charge in [0.25, 0.3) is 0 Å². The van der Waals surface area contributed by atoms with Crippen molar-refractivity contribution in [3.05, 3.63) is 152 Å². The summed E-state index contributed by atoms with van der Waals surface area (Å²) in [7, 11) is 0. The van der Waals surface area contributed by atoms with Crippen molar-refractivity contribution in [3.8, 4) is 33.8 Å². The summed E-state index contributed by atoms with van der Waals surface area (Å²) in [6.07, 6.45) is 0. The monoisotopic (exact) mass is 615 g/mol. The highest BCUT2D eigenvalue weighted by atomic mass is 32.1. The number of hydrogen-bond donors (Lipinski definition) is 0. The second kappa shape index (κ2) is 10.3. The van der Waals surface area contributed by atoms with Crippen LogP contribution >= 0.6 is 11.3 Å². The normalized spacial score (nSPS) is 11.8. The smallest absolute Gasteiger partial charge is 0.0972 e. The van der Waals surface area contributed by atoms with Crippen LogP contribution in [0.2, 0.25) is 0 Å². The Morgan fingerprint density at radius 3 is 1.81 bits per heavy atom. The van der Waals surface area contributed by atoms with Gasteiger partial charge in [-0.3, -0.25) is 0 Å². The summed E-state index contributed by atoms with van der Waals surface area (Å²) in [5.41, 5.74) is 8.95. The molecule has 0 atom stereocenters. The Morgan fingerprint density at radius 1 is 0.383 bits per heavy atom. The second-order valence-electron chi connectivity index (χ2n) is 12.0. The number of benzene rings is 6. The van der Waals surface area contributed by atoms with Gasteiger partial charge < -0.3 is 0 Å². The van der Waals surface area contributed by atoms with Gasteiger partial charge in [0.15, 0.2) is 0 Å². The van der Waals surface area contributed by atoms with Gasteiger partial charge >= 0.3 is 0 Å². The molecule has 0 N–H and O–H groups in total. The number of hydrogen-bond acceptors (Lipinski definition) is 4. The Hall–Kier alpha value is -5.97. The highest BCUT2D eigenvalue weighted by Crippen LogP contribution is 2.44. The Kier molecular flexibility index (Phi) is 5.74. The maximum Gasteiger partial charge on any atom is 0.0972 e. The van der Waals surface area contributed by atoms with E-state index in [9.17, 15) is 0 Å². The first-order valence-corrected chi connectivity index (χ1v) is 16.6. The van der Waals surface area contributed by atoms with Crippen molar-refractivity contribution in [2.24, 2.45) is 0 Å². The molecule has 0 fully saturated rings. The zero-order valence-electron chi connectivity index (χ0n) is 25.2. The fraction of sp³-hybridized carbons (Fsp3) is 0. The minimum Gasteiger partial charge on any atom is -0.246 e. The second-order valence-corrected chi connectivity index (χ2v) is 13.0. The summed E-state index contributed by atoms with van der Waals surface area (Å²) in [6, 6.07) is 53.5. The number of pyridine rings is 3. The van der Waals surface area contributed by atoms with Gasteiger partial charge in [-0.1, -0.05) is 127 Å². The molecule has 0 aliphatic rings. The number of fused-ring (bicyclic) bond motifs is 10. The summed E-state index contributed by atoms with van der Waals surface area (Å²) in [5.74, 6) is 0. The summed E-state index contributed by atoms with van der Waals surface area (Å²) in [4.78, 5) is 15.8. The lowest BCUT2D eigenvalue weighted by molar-refractivity contribution is 1.36. The maximum atomic E-state index is 5.46. The van der Waals surface area contributed by atoms with E-state index in [0.717, 1.165) is 61.1 Å². The van der Waals surface area contributed by atoms with Gasteiger partial charge in [-0.15, -0.1) is 11.3 Å². The quantitative estimate of drug-likeness (QED) is 0.186. The van der Waals surface area contributed by atoms with Gasteiger partial charge in [0.05, 0.1) is 33.6 Å². The number of rotatable bonds is 3. The molecule has 0 radical (unpaired) electrons. The van der Waals surface area contributed by atoms with E-state index in [1.165, 1.54) is 36.3 Å². The summed E-state index contributed by atoms with van der Waals surface area (Å²) >= 11 is 1.85. The van der Waals surface area contributed by atoms with E-state index < -0.39 is 0 Å². The highest BCUT2D eigenvalue weighted by Gasteiger charge is 2.18. The molecule has 0 spiro atoms. The lowest BCUT2D eigenvalue weighted by Crippen LogP contribution is -1.92. The standard InChI is InChI=1S/C43H25N3S/c1-2-10-27(11-3-1)35-23-20-28-17-18-29-21-24-36(45-41(29)40(28)44-35)30-12-8-13-31(25-30)39-38-33-15-6-7-16-37(33)47-43(38)34-22-19-26-9-4-5-14-32(26)42(34)46-39/h1-25H. The number of nitrogens with zero attached hydrogens (tertiary/aromatic N) is 3. The third-order valence-corrected chi connectivity index (χ3v) is 10.4. The van der Waals surface area contributed by atoms with Crippen LogP contribution in [0.3, 0.4) is 0 Å². The Bertz CT molecular complexity index is 2850. The molecule has 10 rings (SSSR count). The first-order valence-electron chi connectivity index (χ1n) is 15.8. The van der Waals surface area contributed by atoms with Crippen molar-refractivity contribution < 1.29 is 0 Å². The molecular weight excluding hydrogens is 591 g/mol. The third kappa shape index (κ3) is 4.16. The Labute approximate surface area is 274 Å². The van der Waals surface area contributed by atoms with Crippen LogP contribution in [0.4, 0.5) is 0 Å². The minimum atomic E-state index is 0.907. The minimum absolute atomic E-state index is 0.907. The molecule has 0 saturated heterocycles.